The Balaban J connectivity index is 2.96. The molecule has 1 aromatic carbocycles. The summed E-state index contributed by atoms with van der Waals surface area (Å²) in [4.78, 5) is 23.5. The molecule has 104 valence electrons. The normalized spacial score (nSPS) is 10.4. The van der Waals surface area contributed by atoms with Crippen LogP contribution in [0.2, 0.25) is 0 Å². The number of Topliss-reactive ketones (excluding diaryl/α,β-unsaturated/α-hetero) is 1. The number of carbonyl (C=O) groups excluding carboxylic acids is 2. The first-order valence-electron chi connectivity index (χ1n) is 6.27. The van der Waals surface area contributed by atoms with Gasteiger partial charge in [-0.3, -0.25) is 4.79 Å². The largest absolute Gasteiger partial charge is 0.338 e. The van der Waals surface area contributed by atoms with E-state index in [0.29, 0.717) is 12.1 Å². The van der Waals surface area contributed by atoms with Crippen molar-refractivity contribution >= 4 is 40.1 Å². The summed E-state index contributed by atoms with van der Waals surface area (Å²) in [6.45, 7) is 6.21. The van der Waals surface area contributed by atoms with Gasteiger partial charge in [0.05, 0.1) is 0 Å². The maximum atomic E-state index is 11.9. The van der Waals surface area contributed by atoms with Crippen LogP contribution in [0.25, 0.3) is 0 Å². The Bertz CT molecular complexity index is 473. The minimum absolute atomic E-state index is 0.0238. The number of hydrogen-bond acceptors (Lipinski definition) is 2. The van der Waals surface area contributed by atoms with Crippen LogP contribution in [0.5, 0.6) is 0 Å². The van der Waals surface area contributed by atoms with Gasteiger partial charge in [0.2, 0.25) is 0 Å². The molecule has 4 nitrogen and oxygen atoms in total. The smallest absolute Gasteiger partial charge is 0.319 e. The topological polar surface area (TPSA) is 58.2 Å². The molecule has 1 aromatic rings. The van der Waals surface area contributed by atoms with Crippen LogP contribution in [0.4, 0.5) is 10.5 Å². The highest BCUT2D eigenvalue weighted by Crippen LogP contribution is 2.22. The van der Waals surface area contributed by atoms with E-state index in [0.717, 1.165) is 15.7 Å². The maximum Gasteiger partial charge on any atom is 0.319 e. The Kier molecular flexibility index (Phi) is 6.27. The maximum absolute atomic E-state index is 11.9. The van der Waals surface area contributed by atoms with Crippen LogP contribution < -0.4 is 10.6 Å². The number of hydrogen-bond donors (Lipinski definition) is 2. The SMILES string of the molecule is CCNC(=O)Nc1ccc(C(=O)C(C)C)cc1CI. The van der Waals surface area contributed by atoms with Gasteiger partial charge >= 0.3 is 6.03 Å². The average Bonchev–Trinajstić information content (AvgIpc) is 2.38. The Morgan fingerprint density at radius 2 is 2.00 bits per heavy atom. The monoisotopic (exact) mass is 374 g/mol. The van der Waals surface area contributed by atoms with E-state index >= 15 is 0 Å². The van der Waals surface area contributed by atoms with Crippen molar-refractivity contribution in [2.45, 2.75) is 25.2 Å². The molecule has 0 radical (unpaired) electrons. The first kappa shape index (κ1) is 15.9. The van der Waals surface area contributed by atoms with Crippen LogP contribution in [0, 0.1) is 5.92 Å². The lowest BCUT2D eigenvalue weighted by Gasteiger charge is -2.12. The number of ketones is 1. The van der Waals surface area contributed by atoms with Gasteiger partial charge in [-0.15, -0.1) is 0 Å². The second-order valence-corrected chi connectivity index (χ2v) is 5.27. The lowest BCUT2D eigenvalue weighted by molar-refractivity contribution is 0.0939. The van der Waals surface area contributed by atoms with E-state index in [-0.39, 0.29) is 17.7 Å². The lowest BCUT2D eigenvalue weighted by atomic mass is 9.99. The van der Waals surface area contributed by atoms with Crippen molar-refractivity contribution in [1.29, 1.82) is 0 Å². The van der Waals surface area contributed by atoms with Gasteiger partial charge < -0.3 is 10.6 Å². The van der Waals surface area contributed by atoms with Crippen LogP contribution in [-0.4, -0.2) is 18.4 Å². The first-order valence-corrected chi connectivity index (χ1v) is 7.80. The number of halogens is 1. The molecular weight excluding hydrogens is 355 g/mol. The second-order valence-electron chi connectivity index (χ2n) is 4.51. The fourth-order valence-electron chi connectivity index (χ4n) is 1.64. The van der Waals surface area contributed by atoms with E-state index < -0.39 is 0 Å². The van der Waals surface area contributed by atoms with Crippen molar-refractivity contribution in [3.8, 4) is 0 Å². The van der Waals surface area contributed by atoms with E-state index in [1.807, 2.05) is 26.8 Å². The van der Waals surface area contributed by atoms with Crippen LogP contribution in [-0.2, 0) is 4.43 Å². The first-order chi connectivity index (χ1) is 8.99. The van der Waals surface area contributed by atoms with Gasteiger partial charge in [-0.05, 0) is 30.7 Å². The highest BCUT2D eigenvalue weighted by molar-refractivity contribution is 14.1. The van der Waals surface area contributed by atoms with Crippen LogP contribution in [0.15, 0.2) is 18.2 Å². The third-order valence-corrected chi connectivity index (χ3v) is 3.47. The quantitative estimate of drug-likeness (QED) is 0.470. The lowest BCUT2D eigenvalue weighted by Crippen LogP contribution is -2.28. The molecule has 2 amide bonds. The van der Waals surface area contributed by atoms with E-state index in [2.05, 4.69) is 33.2 Å². The summed E-state index contributed by atoms with van der Waals surface area (Å²) in [5.74, 6) is 0.0971. The van der Waals surface area contributed by atoms with Gasteiger partial charge in [0.25, 0.3) is 0 Å². The van der Waals surface area contributed by atoms with Gasteiger partial charge in [-0.1, -0.05) is 36.4 Å². The molecule has 0 aliphatic rings. The molecule has 2 N–H and O–H groups in total. The molecule has 0 fully saturated rings. The number of urea groups is 1. The summed E-state index contributed by atoms with van der Waals surface area (Å²) < 4.78 is 0.735. The number of benzene rings is 1. The predicted molar refractivity (Wildman–Crippen MR) is 86.0 cm³/mol. The molecule has 0 saturated carbocycles. The number of alkyl halides is 1. The standard InChI is InChI=1S/C14H19IN2O2/c1-4-16-14(19)17-12-6-5-10(7-11(12)8-15)13(18)9(2)3/h5-7,9H,4,8H2,1-3H3,(H2,16,17,19). The predicted octanol–water partition coefficient (Wildman–Crippen LogP) is 3.60. The molecule has 0 unspecified atom stereocenters. The van der Waals surface area contributed by atoms with Crippen molar-refractivity contribution < 1.29 is 9.59 Å². The minimum atomic E-state index is -0.225. The van der Waals surface area contributed by atoms with Crippen molar-refractivity contribution in [3.63, 3.8) is 0 Å². The molecule has 0 spiro atoms. The van der Waals surface area contributed by atoms with Crippen LogP contribution in [0.1, 0.15) is 36.7 Å². The van der Waals surface area contributed by atoms with Gasteiger partial charge in [-0.25, -0.2) is 4.79 Å². The fraction of sp³-hybridized carbons (Fsp3) is 0.429. The molecule has 0 saturated heterocycles. The molecule has 0 heterocycles. The molecule has 1 rings (SSSR count). The zero-order chi connectivity index (χ0) is 14.4. The molecular formula is C14H19IN2O2. The summed E-state index contributed by atoms with van der Waals surface area (Å²) >= 11 is 2.22. The highest BCUT2D eigenvalue weighted by Gasteiger charge is 2.13. The zero-order valence-corrected chi connectivity index (χ0v) is 13.6. The second kappa shape index (κ2) is 7.47. The van der Waals surface area contributed by atoms with E-state index in [1.54, 1.807) is 12.1 Å². The number of amides is 2. The van der Waals surface area contributed by atoms with Crippen molar-refractivity contribution in [2.75, 3.05) is 11.9 Å². The third kappa shape index (κ3) is 4.49. The van der Waals surface area contributed by atoms with Gasteiger partial charge in [0.1, 0.15) is 0 Å². The Morgan fingerprint density at radius 1 is 1.32 bits per heavy atom. The number of nitrogens with one attached hydrogen (secondary N) is 2. The Hall–Kier alpha value is -1.11. The molecule has 19 heavy (non-hydrogen) atoms. The number of anilines is 1. The number of rotatable bonds is 5. The van der Waals surface area contributed by atoms with E-state index in [4.69, 9.17) is 0 Å². The van der Waals surface area contributed by atoms with Crippen molar-refractivity contribution in [1.82, 2.24) is 5.32 Å². The van der Waals surface area contributed by atoms with E-state index in [9.17, 15) is 9.59 Å². The molecule has 5 heteroatoms. The molecule has 0 atom stereocenters. The van der Waals surface area contributed by atoms with Crippen molar-refractivity contribution in [2.24, 2.45) is 5.92 Å². The zero-order valence-electron chi connectivity index (χ0n) is 11.4. The molecule has 0 aliphatic carbocycles. The third-order valence-electron chi connectivity index (χ3n) is 2.64. The van der Waals surface area contributed by atoms with E-state index in [1.165, 1.54) is 0 Å². The van der Waals surface area contributed by atoms with Gasteiger partial charge in [-0.2, -0.15) is 0 Å². The summed E-state index contributed by atoms with van der Waals surface area (Å²) in [5, 5.41) is 5.47. The Morgan fingerprint density at radius 3 is 2.53 bits per heavy atom. The number of carbonyl (C=O) groups is 2. The summed E-state index contributed by atoms with van der Waals surface area (Å²) in [6.07, 6.45) is 0. The van der Waals surface area contributed by atoms with Crippen LogP contribution in [0.3, 0.4) is 0 Å². The van der Waals surface area contributed by atoms with Crippen molar-refractivity contribution in [3.05, 3.63) is 29.3 Å². The summed E-state index contributed by atoms with van der Waals surface area (Å²) in [7, 11) is 0. The molecule has 0 aromatic heterocycles. The Labute approximate surface area is 127 Å². The minimum Gasteiger partial charge on any atom is -0.338 e. The van der Waals surface area contributed by atoms with Gasteiger partial charge in [0.15, 0.2) is 5.78 Å². The highest BCUT2D eigenvalue weighted by atomic mass is 127. The molecule has 0 aliphatic heterocycles. The molecule has 0 bridgehead atoms. The van der Waals surface area contributed by atoms with Gasteiger partial charge in [0, 0.05) is 28.1 Å². The summed E-state index contributed by atoms with van der Waals surface area (Å²) in [6, 6.07) is 5.19. The van der Waals surface area contributed by atoms with Crippen LogP contribution >= 0.6 is 22.6 Å². The fourth-order valence-corrected chi connectivity index (χ4v) is 2.27. The average molecular weight is 374 g/mol. The summed E-state index contributed by atoms with van der Waals surface area (Å²) in [5.41, 5.74) is 2.40.